The minimum Gasteiger partial charge on any atom is -0.444 e. The van der Waals surface area contributed by atoms with Crippen LogP contribution in [-0.4, -0.2) is 29.0 Å². The normalized spacial score (nSPS) is 14.5. The molecule has 0 unspecified atom stereocenters. The molecule has 1 aliphatic rings. The van der Waals surface area contributed by atoms with E-state index in [2.05, 4.69) is 5.32 Å². The molecule has 0 radical (unpaired) electrons. The number of benzene rings is 2. The van der Waals surface area contributed by atoms with E-state index in [9.17, 15) is 9.59 Å². The number of amides is 2. The van der Waals surface area contributed by atoms with E-state index < -0.39 is 11.7 Å². The fourth-order valence-electron chi connectivity index (χ4n) is 3.14. The van der Waals surface area contributed by atoms with Crippen LogP contribution in [0, 0.1) is 0 Å². The SMILES string of the molecule is CC(C)(C)OC(=O)Nc1ccccc1C1=CC(=O)N(Cc2ccccc2)CC1. The van der Waals surface area contributed by atoms with Gasteiger partial charge in [-0.05, 0) is 44.4 Å². The molecular weight excluding hydrogens is 352 g/mol. The molecule has 0 bridgehead atoms. The molecule has 0 aromatic heterocycles. The maximum Gasteiger partial charge on any atom is 0.412 e. The number of carbonyl (C=O) groups is 2. The van der Waals surface area contributed by atoms with Gasteiger partial charge in [-0.15, -0.1) is 0 Å². The van der Waals surface area contributed by atoms with Crippen molar-refractivity contribution in [3.05, 3.63) is 71.8 Å². The highest BCUT2D eigenvalue weighted by Crippen LogP contribution is 2.30. The molecule has 1 N–H and O–H groups in total. The first-order chi connectivity index (χ1) is 13.3. The van der Waals surface area contributed by atoms with E-state index in [1.165, 1.54) is 0 Å². The highest BCUT2D eigenvalue weighted by atomic mass is 16.6. The van der Waals surface area contributed by atoms with Gasteiger partial charge in [-0.25, -0.2) is 4.79 Å². The first-order valence-electron chi connectivity index (χ1n) is 9.45. The number of carbonyl (C=O) groups excluding carboxylic acids is 2. The first-order valence-corrected chi connectivity index (χ1v) is 9.45. The molecule has 0 aliphatic carbocycles. The minimum absolute atomic E-state index is 0.0165. The third kappa shape index (κ3) is 5.22. The molecule has 0 fully saturated rings. The van der Waals surface area contributed by atoms with Crippen molar-refractivity contribution in [3.63, 3.8) is 0 Å². The summed E-state index contributed by atoms with van der Waals surface area (Å²) < 4.78 is 5.34. The number of ether oxygens (including phenoxy) is 1. The molecule has 2 aromatic carbocycles. The van der Waals surface area contributed by atoms with E-state index >= 15 is 0 Å². The number of nitrogens with one attached hydrogen (secondary N) is 1. The quantitative estimate of drug-likeness (QED) is 0.827. The van der Waals surface area contributed by atoms with Gasteiger partial charge in [0.2, 0.25) is 5.91 Å². The highest BCUT2D eigenvalue weighted by Gasteiger charge is 2.22. The molecule has 2 amide bonds. The van der Waals surface area contributed by atoms with Crippen molar-refractivity contribution >= 4 is 23.3 Å². The Morgan fingerprint density at radius 3 is 2.43 bits per heavy atom. The standard InChI is InChI=1S/C23H26N2O3/c1-23(2,3)28-22(27)24-20-12-8-7-11-19(20)18-13-14-25(21(26)15-18)16-17-9-5-4-6-10-17/h4-12,15H,13-14,16H2,1-3H3,(H,24,27). The number of nitrogens with zero attached hydrogens (tertiary/aromatic N) is 1. The molecule has 28 heavy (non-hydrogen) atoms. The Kier molecular flexibility index (Phi) is 5.83. The van der Waals surface area contributed by atoms with E-state index in [0.717, 1.165) is 23.1 Å². The van der Waals surface area contributed by atoms with Crippen molar-refractivity contribution in [1.82, 2.24) is 4.90 Å². The summed E-state index contributed by atoms with van der Waals surface area (Å²) in [6.07, 6.45) is 1.89. The highest BCUT2D eigenvalue weighted by molar-refractivity contribution is 5.99. The number of hydrogen-bond acceptors (Lipinski definition) is 3. The van der Waals surface area contributed by atoms with Gasteiger partial charge in [0.15, 0.2) is 0 Å². The lowest BCUT2D eigenvalue weighted by Gasteiger charge is -2.27. The Labute approximate surface area is 166 Å². The maximum atomic E-state index is 12.6. The predicted molar refractivity (Wildman–Crippen MR) is 111 cm³/mol. The second kappa shape index (κ2) is 8.30. The largest absolute Gasteiger partial charge is 0.444 e. The number of hydrogen-bond donors (Lipinski definition) is 1. The van der Waals surface area contributed by atoms with Crippen molar-refractivity contribution < 1.29 is 14.3 Å². The van der Waals surface area contributed by atoms with Crippen LogP contribution in [0.5, 0.6) is 0 Å². The summed E-state index contributed by atoms with van der Waals surface area (Å²) in [5, 5.41) is 2.80. The summed E-state index contributed by atoms with van der Waals surface area (Å²) in [7, 11) is 0. The number of para-hydroxylation sites is 1. The average molecular weight is 378 g/mol. The molecule has 0 saturated heterocycles. The summed E-state index contributed by atoms with van der Waals surface area (Å²) >= 11 is 0. The van der Waals surface area contributed by atoms with Gasteiger partial charge < -0.3 is 9.64 Å². The van der Waals surface area contributed by atoms with Crippen molar-refractivity contribution in [2.45, 2.75) is 39.3 Å². The zero-order valence-electron chi connectivity index (χ0n) is 16.6. The lowest BCUT2D eigenvalue weighted by atomic mass is 9.97. The fraction of sp³-hybridized carbons (Fsp3) is 0.304. The summed E-state index contributed by atoms with van der Waals surface area (Å²) in [6.45, 7) is 6.70. The molecule has 0 spiro atoms. The van der Waals surface area contributed by atoms with Gasteiger partial charge in [0, 0.05) is 24.7 Å². The van der Waals surface area contributed by atoms with Crippen LogP contribution in [0.2, 0.25) is 0 Å². The van der Waals surface area contributed by atoms with Gasteiger partial charge in [-0.3, -0.25) is 10.1 Å². The van der Waals surface area contributed by atoms with Crippen molar-refractivity contribution in [3.8, 4) is 0 Å². The van der Waals surface area contributed by atoms with Crippen molar-refractivity contribution in [2.75, 3.05) is 11.9 Å². The van der Waals surface area contributed by atoms with Gasteiger partial charge in [0.05, 0.1) is 5.69 Å². The third-order valence-electron chi connectivity index (χ3n) is 4.39. The van der Waals surface area contributed by atoms with E-state index in [0.29, 0.717) is 18.8 Å². The monoisotopic (exact) mass is 378 g/mol. The fourth-order valence-corrected chi connectivity index (χ4v) is 3.14. The van der Waals surface area contributed by atoms with E-state index in [1.807, 2.05) is 80.3 Å². The molecule has 3 rings (SSSR count). The van der Waals surface area contributed by atoms with Crippen molar-refractivity contribution in [1.29, 1.82) is 0 Å². The van der Waals surface area contributed by atoms with E-state index in [-0.39, 0.29) is 5.91 Å². The Bertz CT molecular complexity index is 882. The molecule has 1 aliphatic heterocycles. The molecular formula is C23H26N2O3. The van der Waals surface area contributed by atoms with Crippen molar-refractivity contribution in [2.24, 2.45) is 0 Å². The van der Waals surface area contributed by atoms with Gasteiger partial charge in [0.25, 0.3) is 0 Å². The Morgan fingerprint density at radius 2 is 1.75 bits per heavy atom. The van der Waals surface area contributed by atoms with E-state index in [1.54, 1.807) is 6.08 Å². The van der Waals surface area contributed by atoms with Crippen LogP contribution < -0.4 is 5.32 Å². The predicted octanol–water partition coefficient (Wildman–Crippen LogP) is 4.85. The average Bonchev–Trinajstić information content (AvgIpc) is 2.63. The van der Waals surface area contributed by atoms with Crippen LogP contribution >= 0.6 is 0 Å². The number of anilines is 1. The lowest BCUT2D eigenvalue weighted by Crippen LogP contribution is -2.33. The molecule has 146 valence electrons. The third-order valence-corrected chi connectivity index (χ3v) is 4.39. The summed E-state index contributed by atoms with van der Waals surface area (Å²) in [5.74, 6) is -0.0165. The molecule has 5 heteroatoms. The minimum atomic E-state index is -0.572. The van der Waals surface area contributed by atoms with Gasteiger partial charge in [0.1, 0.15) is 5.60 Å². The summed E-state index contributed by atoms with van der Waals surface area (Å²) in [6, 6.07) is 17.4. The smallest absolute Gasteiger partial charge is 0.412 e. The molecule has 1 heterocycles. The van der Waals surface area contributed by atoms with Gasteiger partial charge in [-0.2, -0.15) is 0 Å². The van der Waals surface area contributed by atoms with Crippen LogP contribution in [-0.2, 0) is 16.1 Å². The number of rotatable bonds is 4. The zero-order valence-corrected chi connectivity index (χ0v) is 16.6. The molecule has 5 nitrogen and oxygen atoms in total. The van der Waals surface area contributed by atoms with Crippen LogP contribution in [0.4, 0.5) is 10.5 Å². The van der Waals surface area contributed by atoms with Crippen LogP contribution in [0.3, 0.4) is 0 Å². The second-order valence-corrected chi connectivity index (χ2v) is 7.84. The van der Waals surface area contributed by atoms with Gasteiger partial charge >= 0.3 is 6.09 Å². The Morgan fingerprint density at radius 1 is 1.07 bits per heavy atom. The first kappa shape index (κ1) is 19.7. The Balaban J connectivity index is 1.75. The van der Waals surface area contributed by atoms with Crippen LogP contribution in [0.1, 0.15) is 38.3 Å². The Hall–Kier alpha value is -3.08. The zero-order chi connectivity index (χ0) is 20.1. The molecule has 2 aromatic rings. The van der Waals surface area contributed by atoms with Crippen LogP contribution in [0.15, 0.2) is 60.7 Å². The molecule has 0 saturated carbocycles. The summed E-state index contributed by atoms with van der Waals surface area (Å²) in [5.41, 5.74) is 2.95. The lowest BCUT2D eigenvalue weighted by molar-refractivity contribution is -0.126. The van der Waals surface area contributed by atoms with Gasteiger partial charge in [-0.1, -0.05) is 48.5 Å². The summed E-state index contributed by atoms with van der Waals surface area (Å²) in [4.78, 5) is 26.6. The molecule has 0 atom stereocenters. The van der Waals surface area contributed by atoms with E-state index in [4.69, 9.17) is 4.74 Å². The van der Waals surface area contributed by atoms with Crippen LogP contribution in [0.25, 0.3) is 5.57 Å². The maximum absolute atomic E-state index is 12.6. The second-order valence-electron chi connectivity index (χ2n) is 7.84. The topological polar surface area (TPSA) is 58.6 Å².